The minimum Gasteiger partial charge on any atom is -0.384 e. The summed E-state index contributed by atoms with van der Waals surface area (Å²) in [7, 11) is 2.11. The molecule has 1 aliphatic rings. The van der Waals surface area contributed by atoms with Crippen molar-refractivity contribution in [2.24, 2.45) is 0 Å². The fraction of sp³-hybridized carbons (Fsp3) is 0.353. The van der Waals surface area contributed by atoms with Gasteiger partial charge in [-0.2, -0.15) is 0 Å². The third kappa shape index (κ3) is 2.59. The van der Waals surface area contributed by atoms with Gasteiger partial charge in [0.2, 0.25) is 0 Å². The van der Waals surface area contributed by atoms with E-state index in [1.54, 1.807) is 6.20 Å². The normalized spacial score (nSPS) is 15.7. The van der Waals surface area contributed by atoms with Gasteiger partial charge in [0, 0.05) is 31.0 Å². The van der Waals surface area contributed by atoms with E-state index in [-0.39, 0.29) is 0 Å². The van der Waals surface area contributed by atoms with Crippen molar-refractivity contribution in [2.75, 3.05) is 24.2 Å². The first-order chi connectivity index (χ1) is 10.1. The number of aliphatic hydroxyl groups excluding tert-OH is 1. The van der Waals surface area contributed by atoms with Gasteiger partial charge in [-0.25, -0.2) is 4.98 Å². The van der Waals surface area contributed by atoms with Gasteiger partial charge in [0.25, 0.3) is 0 Å². The van der Waals surface area contributed by atoms with E-state index in [0.29, 0.717) is 11.4 Å². The van der Waals surface area contributed by atoms with Gasteiger partial charge in [-0.15, -0.1) is 0 Å². The molecule has 0 spiro atoms. The first kappa shape index (κ1) is 13.9. The third-order valence-electron chi connectivity index (χ3n) is 4.15. The number of benzene rings is 1. The van der Waals surface area contributed by atoms with Crippen molar-refractivity contribution >= 4 is 11.5 Å². The van der Waals surface area contributed by atoms with E-state index in [0.717, 1.165) is 30.5 Å². The lowest BCUT2D eigenvalue weighted by Crippen LogP contribution is -2.24. The molecule has 1 aliphatic heterocycles. The molecule has 21 heavy (non-hydrogen) atoms. The molecule has 0 fully saturated rings. The maximum absolute atomic E-state index is 10.6. The number of hydrogen-bond acceptors (Lipinski definition) is 4. The molecule has 2 aromatic rings. The smallest absolute Gasteiger partial charge is 0.129 e. The van der Waals surface area contributed by atoms with Gasteiger partial charge >= 0.3 is 0 Å². The van der Waals surface area contributed by atoms with Crippen LogP contribution < -0.4 is 10.6 Å². The van der Waals surface area contributed by atoms with Crippen LogP contribution in [0.3, 0.4) is 0 Å². The second kappa shape index (κ2) is 5.37. The summed E-state index contributed by atoms with van der Waals surface area (Å²) in [6, 6.07) is 8.07. The molecule has 4 nitrogen and oxygen atoms in total. The van der Waals surface area contributed by atoms with Crippen molar-refractivity contribution < 1.29 is 5.11 Å². The molecule has 3 rings (SSSR count). The molecule has 110 valence electrons. The predicted molar refractivity (Wildman–Crippen MR) is 85.5 cm³/mol. The molecule has 0 amide bonds. The Labute approximate surface area is 125 Å². The fourth-order valence-electron chi connectivity index (χ4n) is 2.98. The molecule has 0 aliphatic carbocycles. The minimum absolute atomic E-state index is 0.392. The van der Waals surface area contributed by atoms with Crippen LogP contribution in [-0.4, -0.2) is 23.7 Å². The number of pyridine rings is 1. The van der Waals surface area contributed by atoms with Crippen LogP contribution in [0.25, 0.3) is 0 Å². The van der Waals surface area contributed by atoms with Gasteiger partial charge in [-0.1, -0.05) is 12.1 Å². The third-order valence-corrected chi connectivity index (χ3v) is 4.15. The maximum atomic E-state index is 10.6. The molecule has 4 heteroatoms. The molecule has 1 aromatic carbocycles. The summed E-state index contributed by atoms with van der Waals surface area (Å²) in [5, 5.41) is 10.6. The van der Waals surface area contributed by atoms with Crippen LogP contribution in [0.1, 0.15) is 34.8 Å². The summed E-state index contributed by atoms with van der Waals surface area (Å²) in [5.41, 5.74) is 11.0. The lowest BCUT2D eigenvalue weighted by molar-refractivity contribution is 0.220. The summed E-state index contributed by atoms with van der Waals surface area (Å²) in [6.07, 6.45) is 3.20. The zero-order valence-electron chi connectivity index (χ0n) is 12.5. The standard InChI is InChI=1S/C17H21N3O/c1-11-8-14(17(18)19-10-11)16(21)13-5-6-15-12(9-13)4-3-7-20(15)2/h5-6,8-10,16,21H,3-4,7H2,1-2H3,(H2,18,19). The molecule has 0 bridgehead atoms. The van der Waals surface area contributed by atoms with Crippen LogP contribution in [0, 0.1) is 6.92 Å². The Hall–Kier alpha value is -2.07. The van der Waals surface area contributed by atoms with E-state index in [4.69, 9.17) is 5.73 Å². The highest BCUT2D eigenvalue weighted by Crippen LogP contribution is 2.32. The SMILES string of the molecule is Cc1cnc(N)c(C(O)c2ccc3c(c2)CCCN3C)c1. The average molecular weight is 283 g/mol. The minimum atomic E-state index is -0.727. The number of nitrogens with zero attached hydrogens (tertiary/aromatic N) is 2. The fourth-order valence-corrected chi connectivity index (χ4v) is 2.98. The first-order valence-electron chi connectivity index (χ1n) is 7.30. The summed E-state index contributed by atoms with van der Waals surface area (Å²) < 4.78 is 0. The van der Waals surface area contributed by atoms with E-state index >= 15 is 0 Å². The second-order valence-electron chi connectivity index (χ2n) is 5.80. The van der Waals surface area contributed by atoms with Gasteiger partial charge in [-0.05, 0) is 48.6 Å². The molecule has 0 saturated carbocycles. The number of nitrogen functional groups attached to an aromatic ring is 1. The number of nitrogens with two attached hydrogens (primary N) is 1. The van der Waals surface area contributed by atoms with Crippen molar-refractivity contribution in [1.82, 2.24) is 4.98 Å². The predicted octanol–water partition coefficient (Wildman–Crippen LogP) is 2.44. The van der Waals surface area contributed by atoms with Crippen molar-refractivity contribution in [3.63, 3.8) is 0 Å². The second-order valence-corrected chi connectivity index (χ2v) is 5.80. The van der Waals surface area contributed by atoms with Gasteiger partial charge in [-0.3, -0.25) is 0 Å². The number of aryl methyl sites for hydroxylation is 2. The van der Waals surface area contributed by atoms with Crippen LogP contribution in [0.2, 0.25) is 0 Å². The Bertz CT molecular complexity index is 669. The van der Waals surface area contributed by atoms with Crippen LogP contribution in [-0.2, 0) is 6.42 Å². The van der Waals surface area contributed by atoms with Crippen molar-refractivity contribution in [3.8, 4) is 0 Å². The molecule has 0 saturated heterocycles. The van der Waals surface area contributed by atoms with E-state index in [2.05, 4.69) is 29.1 Å². The molecule has 1 aromatic heterocycles. The monoisotopic (exact) mass is 283 g/mol. The molecule has 0 radical (unpaired) electrons. The molecule has 1 atom stereocenters. The lowest BCUT2D eigenvalue weighted by Gasteiger charge is -2.28. The van der Waals surface area contributed by atoms with Gasteiger partial charge < -0.3 is 15.7 Å². The topological polar surface area (TPSA) is 62.4 Å². The quantitative estimate of drug-likeness (QED) is 0.888. The Morgan fingerprint density at radius 1 is 1.33 bits per heavy atom. The Morgan fingerprint density at radius 2 is 2.14 bits per heavy atom. The zero-order chi connectivity index (χ0) is 15.0. The lowest BCUT2D eigenvalue weighted by atomic mass is 9.95. The van der Waals surface area contributed by atoms with Gasteiger partial charge in [0.05, 0.1) is 0 Å². The molecule has 2 heterocycles. The number of aliphatic hydroxyl groups is 1. The molecular weight excluding hydrogens is 262 g/mol. The summed E-state index contributed by atoms with van der Waals surface area (Å²) >= 11 is 0. The summed E-state index contributed by atoms with van der Waals surface area (Å²) in [4.78, 5) is 6.40. The highest BCUT2D eigenvalue weighted by Gasteiger charge is 2.19. The number of fused-ring (bicyclic) bond motifs is 1. The number of anilines is 2. The Balaban J connectivity index is 1.98. The summed E-state index contributed by atoms with van der Waals surface area (Å²) in [6.45, 7) is 3.04. The van der Waals surface area contributed by atoms with E-state index in [9.17, 15) is 5.11 Å². The van der Waals surface area contributed by atoms with Crippen LogP contribution in [0.4, 0.5) is 11.5 Å². The van der Waals surface area contributed by atoms with Crippen LogP contribution in [0.15, 0.2) is 30.5 Å². The number of hydrogen-bond donors (Lipinski definition) is 2. The highest BCUT2D eigenvalue weighted by molar-refractivity contribution is 5.57. The Morgan fingerprint density at radius 3 is 2.95 bits per heavy atom. The van der Waals surface area contributed by atoms with Crippen molar-refractivity contribution in [1.29, 1.82) is 0 Å². The maximum Gasteiger partial charge on any atom is 0.129 e. The average Bonchev–Trinajstić information content (AvgIpc) is 2.49. The summed E-state index contributed by atoms with van der Waals surface area (Å²) in [5.74, 6) is 0.392. The van der Waals surface area contributed by atoms with Crippen molar-refractivity contribution in [2.45, 2.75) is 25.9 Å². The van der Waals surface area contributed by atoms with Crippen molar-refractivity contribution in [3.05, 3.63) is 52.7 Å². The molecule has 1 unspecified atom stereocenters. The number of aromatic nitrogens is 1. The van der Waals surface area contributed by atoms with E-state index in [1.807, 2.05) is 19.1 Å². The zero-order valence-corrected chi connectivity index (χ0v) is 12.5. The first-order valence-corrected chi connectivity index (χ1v) is 7.30. The van der Waals surface area contributed by atoms with Crippen LogP contribution >= 0.6 is 0 Å². The number of rotatable bonds is 2. The van der Waals surface area contributed by atoms with E-state index < -0.39 is 6.10 Å². The Kier molecular flexibility index (Phi) is 3.55. The van der Waals surface area contributed by atoms with E-state index in [1.165, 1.54) is 11.3 Å². The van der Waals surface area contributed by atoms with Gasteiger partial charge in [0.1, 0.15) is 11.9 Å². The largest absolute Gasteiger partial charge is 0.384 e. The van der Waals surface area contributed by atoms with Gasteiger partial charge in [0.15, 0.2) is 0 Å². The highest BCUT2D eigenvalue weighted by atomic mass is 16.3. The molecule has 3 N–H and O–H groups in total. The molecular formula is C17H21N3O. The van der Waals surface area contributed by atoms with Crippen LogP contribution in [0.5, 0.6) is 0 Å².